The van der Waals surface area contributed by atoms with E-state index >= 15 is 8.78 Å². The highest BCUT2D eigenvalue weighted by Gasteiger charge is 2.23. The quantitative estimate of drug-likeness (QED) is 0.211. The van der Waals surface area contributed by atoms with Gasteiger partial charge in [-0.3, -0.25) is 4.39 Å². The molecule has 1 unspecified atom stereocenters. The Bertz CT molecular complexity index is 1580. The van der Waals surface area contributed by atoms with Gasteiger partial charge in [-0.25, -0.2) is 32.3 Å². The van der Waals surface area contributed by atoms with E-state index in [1.807, 2.05) is 0 Å². The van der Waals surface area contributed by atoms with Crippen LogP contribution in [-0.4, -0.2) is 50.8 Å². The number of halogens is 4. The van der Waals surface area contributed by atoms with Crippen molar-refractivity contribution in [2.45, 2.75) is 24.0 Å². The number of nitrogens with one attached hydrogen (secondary N) is 3. The highest BCUT2D eigenvalue weighted by atomic mass is 32.2. The molecule has 0 aliphatic carbocycles. The maximum Gasteiger partial charge on any atom is 0.223 e. The molecule has 5 rings (SSSR count). The normalized spacial score (nSPS) is 19.0. The SMILES string of the molecule is C=S(=O)(Nc1c(F)cc(-c2cc(CF)c3nc(N[C@@H]4CNC[C@H](CF)C4)ncc3n2)cc1F)c1ccccc1. The van der Waals surface area contributed by atoms with Crippen molar-refractivity contribution in [1.82, 2.24) is 20.3 Å². The van der Waals surface area contributed by atoms with Crippen LogP contribution in [0.5, 0.6) is 0 Å². The molecule has 0 bridgehead atoms. The first-order valence-electron chi connectivity index (χ1n) is 12.2. The van der Waals surface area contributed by atoms with Gasteiger partial charge in [0.15, 0.2) is 11.6 Å². The van der Waals surface area contributed by atoms with Gasteiger partial charge in [0.05, 0.1) is 28.3 Å². The summed E-state index contributed by atoms with van der Waals surface area (Å²) in [6.07, 6.45) is 2.01. The van der Waals surface area contributed by atoms with Crippen molar-refractivity contribution < 1.29 is 21.8 Å². The van der Waals surface area contributed by atoms with E-state index in [9.17, 15) is 13.0 Å². The van der Waals surface area contributed by atoms with Crippen LogP contribution in [0.3, 0.4) is 0 Å². The zero-order chi connectivity index (χ0) is 27.6. The molecular weight excluding hydrogens is 532 g/mol. The van der Waals surface area contributed by atoms with Gasteiger partial charge in [-0.05, 0) is 42.6 Å². The number of fused-ring (bicyclic) bond motifs is 1. The number of benzene rings is 2. The Morgan fingerprint density at radius 3 is 2.49 bits per heavy atom. The van der Waals surface area contributed by atoms with Crippen molar-refractivity contribution in [3.63, 3.8) is 0 Å². The molecule has 4 aromatic rings. The second-order valence-corrected chi connectivity index (χ2v) is 11.4. The summed E-state index contributed by atoms with van der Waals surface area (Å²) in [6.45, 7) is -0.114. The van der Waals surface area contributed by atoms with Crippen molar-refractivity contribution >= 4 is 38.2 Å². The lowest BCUT2D eigenvalue weighted by atomic mass is 9.97. The van der Waals surface area contributed by atoms with Gasteiger partial charge in [0.1, 0.15) is 23.4 Å². The molecule has 1 aliphatic heterocycles. The molecule has 2 aromatic heterocycles. The summed E-state index contributed by atoms with van der Waals surface area (Å²) in [7, 11) is -3.24. The van der Waals surface area contributed by atoms with Crippen LogP contribution in [0.1, 0.15) is 12.0 Å². The molecule has 12 heteroatoms. The summed E-state index contributed by atoms with van der Waals surface area (Å²) in [4.78, 5) is 13.3. The number of pyridine rings is 1. The topological polar surface area (TPSA) is 91.8 Å². The van der Waals surface area contributed by atoms with Crippen molar-refractivity contribution in [2.75, 3.05) is 29.8 Å². The largest absolute Gasteiger partial charge is 0.350 e. The van der Waals surface area contributed by atoms with Gasteiger partial charge in [0.25, 0.3) is 0 Å². The van der Waals surface area contributed by atoms with Gasteiger partial charge in [0, 0.05) is 41.1 Å². The maximum atomic E-state index is 15.0. The van der Waals surface area contributed by atoms with Crippen LogP contribution in [0, 0.1) is 17.6 Å². The smallest absolute Gasteiger partial charge is 0.223 e. The third kappa shape index (κ3) is 5.81. The number of hydrogen-bond acceptors (Lipinski definition) is 6. The maximum absolute atomic E-state index is 15.0. The Hall–Kier alpha value is -3.77. The van der Waals surface area contributed by atoms with Crippen LogP contribution < -0.4 is 15.4 Å². The minimum absolute atomic E-state index is 0.0511. The third-order valence-electron chi connectivity index (χ3n) is 6.49. The van der Waals surface area contributed by atoms with Gasteiger partial charge in [-0.15, -0.1) is 0 Å². The lowest BCUT2D eigenvalue weighted by Crippen LogP contribution is -2.44. The molecule has 0 saturated carbocycles. The fourth-order valence-electron chi connectivity index (χ4n) is 4.53. The second-order valence-electron chi connectivity index (χ2n) is 9.39. The number of alkyl halides is 2. The highest BCUT2D eigenvalue weighted by Crippen LogP contribution is 2.31. The van der Waals surface area contributed by atoms with E-state index in [1.54, 1.807) is 30.3 Å². The zero-order valence-corrected chi connectivity index (χ0v) is 21.6. The van der Waals surface area contributed by atoms with Crippen LogP contribution >= 0.6 is 0 Å². The predicted molar refractivity (Wildman–Crippen MR) is 145 cm³/mol. The van der Waals surface area contributed by atoms with Crippen molar-refractivity contribution in [3.8, 4) is 11.3 Å². The second kappa shape index (κ2) is 11.1. The van der Waals surface area contributed by atoms with Gasteiger partial charge >= 0.3 is 0 Å². The number of aromatic nitrogens is 3. The first-order chi connectivity index (χ1) is 18.8. The average molecular weight is 559 g/mol. The summed E-state index contributed by atoms with van der Waals surface area (Å²) in [5.41, 5.74) is 0.224. The zero-order valence-electron chi connectivity index (χ0n) is 20.8. The van der Waals surface area contributed by atoms with E-state index in [1.165, 1.54) is 12.3 Å². The molecular formula is C27H26F4N6OS. The molecule has 1 aliphatic rings. The molecule has 1 saturated heterocycles. The fraction of sp³-hybridized carbons (Fsp3) is 0.259. The number of nitrogens with zero attached hydrogens (tertiary/aromatic N) is 3. The standard InChI is InChI=1S/C27H26F4N6OS/c1-39(38,20-5-3-2-4-6-20)37-26-21(30)8-17(9-22(26)31)23-10-18(12-29)25-24(35-23)15-33-27(36-25)34-19-7-16(11-28)13-32-14-19/h2-6,8-10,15-16,19,32H,1,7,11-14H2,(H,37,38)(H,33,34,36)/t16-,19-,39?/m0/s1. The van der Waals surface area contributed by atoms with E-state index in [0.29, 0.717) is 19.5 Å². The average Bonchev–Trinajstić information content (AvgIpc) is 2.95. The highest BCUT2D eigenvalue weighted by molar-refractivity contribution is 8.01. The fourth-order valence-corrected chi connectivity index (χ4v) is 5.77. The number of piperidine rings is 1. The minimum Gasteiger partial charge on any atom is -0.350 e. The summed E-state index contributed by atoms with van der Waals surface area (Å²) in [6, 6.07) is 11.4. The van der Waals surface area contributed by atoms with E-state index in [2.05, 4.69) is 36.2 Å². The van der Waals surface area contributed by atoms with Crippen LogP contribution in [0.4, 0.5) is 29.2 Å². The van der Waals surface area contributed by atoms with Crippen molar-refractivity contribution in [3.05, 3.63) is 71.9 Å². The molecule has 3 atom stereocenters. The molecule has 3 heterocycles. The summed E-state index contributed by atoms with van der Waals surface area (Å²) >= 11 is 0. The summed E-state index contributed by atoms with van der Waals surface area (Å²) in [5.74, 6) is 1.72. The van der Waals surface area contributed by atoms with Crippen LogP contribution in [0.25, 0.3) is 22.3 Å². The Balaban J connectivity index is 1.43. The van der Waals surface area contributed by atoms with Crippen molar-refractivity contribution in [2.24, 2.45) is 5.92 Å². The van der Waals surface area contributed by atoms with Crippen molar-refractivity contribution in [1.29, 1.82) is 0 Å². The van der Waals surface area contributed by atoms with E-state index < -0.39 is 40.4 Å². The van der Waals surface area contributed by atoms with Gasteiger partial charge < -0.3 is 15.4 Å². The molecule has 3 N–H and O–H groups in total. The Kier molecular flexibility index (Phi) is 7.67. The monoisotopic (exact) mass is 558 g/mol. The molecule has 7 nitrogen and oxygen atoms in total. The van der Waals surface area contributed by atoms with E-state index in [4.69, 9.17) is 0 Å². The molecule has 1 fully saturated rings. The van der Waals surface area contributed by atoms with Crippen LogP contribution in [-0.2, 0) is 16.4 Å². The third-order valence-corrected chi connectivity index (χ3v) is 8.06. The molecule has 2 aromatic carbocycles. The summed E-state index contributed by atoms with van der Waals surface area (Å²) in [5, 5.41) is 6.31. The molecule has 39 heavy (non-hydrogen) atoms. The number of anilines is 2. The molecule has 204 valence electrons. The number of rotatable bonds is 8. The minimum atomic E-state index is -3.24. The van der Waals surface area contributed by atoms with Crippen LogP contribution in [0.15, 0.2) is 59.6 Å². The predicted octanol–water partition coefficient (Wildman–Crippen LogP) is 4.90. The molecule has 0 spiro atoms. The lowest BCUT2D eigenvalue weighted by molar-refractivity contribution is 0.282. The van der Waals surface area contributed by atoms with E-state index in [-0.39, 0.29) is 50.7 Å². The Labute approximate surface area is 223 Å². The van der Waals surface area contributed by atoms with Gasteiger partial charge in [0.2, 0.25) is 5.95 Å². The lowest BCUT2D eigenvalue weighted by Gasteiger charge is -2.29. The number of hydrogen-bond donors (Lipinski definition) is 3. The van der Waals surface area contributed by atoms with Gasteiger partial charge in [-0.1, -0.05) is 18.2 Å². The van der Waals surface area contributed by atoms with E-state index in [0.717, 1.165) is 12.1 Å². The Morgan fingerprint density at radius 1 is 1.05 bits per heavy atom. The van der Waals surface area contributed by atoms with Gasteiger partial charge in [-0.2, -0.15) is 0 Å². The summed E-state index contributed by atoms with van der Waals surface area (Å²) < 4.78 is 72.6. The first-order valence-corrected chi connectivity index (χ1v) is 14.0. The first kappa shape index (κ1) is 26.8. The Morgan fingerprint density at radius 2 is 1.79 bits per heavy atom. The van der Waals surface area contributed by atoms with Crippen LogP contribution in [0.2, 0.25) is 0 Å². The molecule has 0 radical (unpaired) electrons. The molecule has 0 amide bonds.